The van der Waals surface area contributed by atoms with Gasteiger partial charge < -0.3 is 11.1 Å². The fraction of sp³-hybridized carbons (Fsp3) is 0.308. The summed E-state index contributed by atoms with van der Waals surface area (Å²) < 4.78 is 1.85. The molecule has 6 nitrogen and oxygen atoms in total. The Bertz CT molecular complexity index is 529. The van der Waals surface area contributed by atoms with E-state index in [0.717, 1.165) is 5.69 Å². The Balaban J connectivity index is 0.00000200. The molecule has 20 heavy (non-hydrogen) atoms. The maximum Gasteiger partial charge on any atom is 0.220 e. The molecule has 0 aliphatic heterocycles. The monoisotopic (exact) mass is 295 g/mol. The molecule has 1 aromatic heterocycles. The van der Waals surface area contributed by atoms with Crippen molar-refractivity contribution in [2.24, 2.45) is 5.73 Å². The van der Waals surface area contributed by atoms with E-state index in [-0.39, 0.29) is 18.3 Å². The van der Waals surface area contributed by atoms with E-state index in [4.69, 9.17) is 5.73 Å². The van der Waals surface area contributed by atoms with Gasteiger partial charge in [0.1, 0.15) is 6.33 Å². The summed E-state index contributed by atoms with van der Waals surface area (Å²) in [5.41, 5.74) is 6.33. The molecule has 0 bridgehead atoms. The van der Waals surface area contributed by atoms with Crippen LogP contribution in [0.4, 0.5) is 0 Å². The standard InChI is InChI=1S/C13H17N5O.ClH/c14-8-4-7-13(19)15-9-12-17-16-10-18(12)11-5-2-1-3-6-11;/h1-3,5-6,10H,4,7-9,14H2,(H,15,19);1H. The number of hydrogen-bond donors (Lipinski definition) is 2. The van der Waals surface area contributed by atoms with Crippen LogP contribution in [-0.4, -0.2) is 27.2 Å². The lowest BCUT2D eigenvalue weighted by Gasteiger charge is -2.07. The van der Waals surface area contributed by atoms with Gasteiger partial charge in [-0.3, -0.25) is 9.36 Å². The first-order chi connectivity index (χ1) is 9.31. The Morgan fingerprint density at radius 2 is 2.05 bits per heavy atom. The van der Waals surface area contributed by atoms with Gasteiger partial charge in [0.2, 0.25) is 5.91 Å². The molecule has 0 unspecified atom stereocenters. The molecule has 0 fully saturated rings. The predicted molar refractivity (Wildman–Crippen MR) is 78.7 cm³/mol. The molecule has 2 aromatic rings. The minimum atomic E-state index is -0.0203. The molecule has 0 saturated heterocycles. The number of nitrogens with zero attached hydrogens (tertiary/aromatic N) is 3. The predicted octanol–water partition coefficient (Wildman–Crippen LogP) is 1.04. The number of aromatic nitrogens is 3. The highest BCUT2D eigenvalue weighted by molar-refractivity contribution is 5.85. The number of rotatable bonds is 6. The molecule has 2 rings (SSSR count). The second kappa shape index (κ2) is 8.29. The number of nitrogens with two attached hydrogens (primary N) is 1. The van der Waals surface area contributed by atoms with Crippen LogP contribution >= 0.6 is 12.4 Å². The zero-order valence-electron chi connectivity index (χ0n) is 11.0. The van der Waals surface area contributed by atoms with Crippen molar-refractivity contribution in [1.82, 2.24) is 20.1 Å². The fourth-order valence-electron chi connectivity index (χ4n) is 1.71. The number of nitrogens with one attached hydrogen (secondary N) is 1. The molecule has 1 amide bonds. The molecular weight excluding hydrogens is 278 g/mol. The topological polar surface area (TPSA) is 85.8 Å². The first-order valence-electron chi connectivity index (χ1n) is 6.22. The second-order valence-electron chi connectivity index (χ2n) is 4.12. The van der Waals surface area contributed by atoms with E-state index in [1.54, 1.807) is 6.33 Å². The molecule has 0 atom stereocenters. The van der Waals surface area contributed by atoms with Gasteiger partial charge in [0.15, 0.2) is 5.82 Å². The zero-order chi connectivity index (χ0) is 13.5. The largest absolute Gasteiger partial charge is 0.349 e. The minimum Gasteiger partial charge on any atom is -0.349 e. The molecule has 1 heterocycles. The number of para-hydroxylation sites is 1. The van der Waals surface area contributed by atoms with E-state index in [0.29, 0.717) is 31.8 Å². The van der Waals surface area contributed by atoms with Gasteiger partial charge in [0.25, 0.3) is 0 Å². The molecule has 0 saturated carbocycles. The van der Waals surface area contributed by atoms with Crippen LogP contribution in [0.2, 0.25) is 0 Å². The van der Waals surface area contributed by atoms with Crippen LogP contribution in [-0.2, 0) is 11.3 Å². The lowest BCUT2D eigenvalue weighted by atomic mass is 10.3. The molecule has 3 N–H and O–H groups in total. The summed E-state index contributed by atoms with van der Waals surface area (Å²) in [5, 5.41) is 10.7. The summed E-state index contributed by atoms with van der Waals surface area (Å²) in [7, 11) is 0. The van der Waals surface area contributed by atoms with Crippen LogP contribution in [0.3, 0.4) is 0 Å². The lowest BCUT2D eigenvalue weighted by Crippen LogP contribution is -2.24. The Labute approximate surface area is 123 Å². The first-order valence-corrected chi connectivity index (χ1v) is 6.22. The van der Waals surface area contributed by atoms with E-state index in [9.17, 15) is 4.79 Å². The van der Waals surface area contributed by atoms with Crippen LogP contribution in [0.1, 0.15) is 18.7 Å². The van der Waals surface area contributed by atoms with Gasteiger partial charge in [0, 0.05) is 12.1 Å². The van der Waals surface area contributed by atoms with E-state index in [1.165, 1.54) is 0 Å². The number of carbonyl (C=O) groups is 1. The summed E-state index contributed by atoms with van der Waals surface area (Å²) >= 11 is 0. The Kier molecular flexibility index (Phi) is 6.69. The highest BCUT2D eigenvalue weighted by atomic mass is 35.5. The van der Waals surface area contributed by atoms with Gasteiger partial charge in [0.05, 0.1) is 6.54 Å². The van der Waals surface area contributed by atoms with Crippen LogP contribution in [0.15, 0.2) is 36.7 Å². The maximum atomic E-state index is 11.5. The third-order valence-corrected chi connectivity index (χ3v) is 2.70. The molecule has 0 aliphatic rings. The number of halogens is 1. The van der Waals surface area contributed by atoms with Gasteiger partial charge in [-0.1, -0.05) is 18.2 Å². The molecule has 0 spiro atoms. The molecule has 0 radical (unpaired) electrons. The smallest absolute Gasteiger partial charge is 0.220 e. The van der Waals surface area contributed by atoms with Crippen LogP contribution in [0, 0.1) is 0 Å². The summed E-state index contributed by atoms with van der Waals surface area (Å²) in [6, 6.07) is 9.76. The van der Waals surface area contributed by atoms with Gasteiger partial charge >= 0.3 is 0 Å². The maximum absolute atomic E-state index is 11.5. The molecule has 0 aliphatic carbocycles. The Hall–Kier alpha value is -1.92. The minimum absolute atomic E-state index is 0. The Morgan fingerprint density at radius 1 is 1.30 bits per heavy atom. The van der Waals surface area contributed by atoms with Gasteiger partial charge in [-0.05, 0) is 25.1 Å². The number of hydrogen-bond acceptors (Lipinski definition) is 4. The number of benzene rings is 1. The van der Waals surface area contributed by atoms with E-state index < -0.39 is 0 Å². The van der Waals surface area contributed by atoms with Crippen LogP contribution in [0.5, 0.6) is 0 Å². The normalized spacial score (nSPS) is 9.85. The molecular formula is C13H18ClN5O. The zero-order valence-corrected chi connectivity index (χ0v) is 11.8. The number of amides is 1. The van der Waals surface area contributed by atoms with E-state index >= 15 is 0 Å². The Morgan fingerprint density at radius 3 is 2.75 bits per heavy atom. The van der Waals surface area contributed by atoms with Gasteiger partial charge in [-0.25, -0.2) is 0 Å². The van der Waals surface area contributed by atoms with Crippen molar-refractivity contribution < 1.29 is 4.79 Å². The average molecular weight is 296 g/mol. The van der Waals surface area contributed by atoms with Crippen molar-refractivity contribution in [2.75, 3.05) is 6.54 Å². The summed E-state index contributed by atoms with van der Waals surface area (Å²) in [4.78, 5) is 11.5. The highest BCUT2D eigenvalue weighted by Gasteiger charge is 2.07. The van der Waals surface area contributed by atoms with Crippen molar-refractivity contribution in [2.45, 2.75) is 19.4 Å². The van der Waals surface area contributed by atoms with E-state index in [2.05, 4.69) is 15.5 Å². The summed E-state index contributed by atoms with van der Waals surface area (Å²) in [6.45, 7) is 0.881. The van der Waals surface area contributed by atoms with Gasteiger partial charge in [-0.2, -0.15) is 0 Å². The number of carbonyl (C=O) groups excluding carboxylic acids is 1. The highest BCUT2D eigenvalue weighted by Crippen LogP contribution is 2.08. The van der Waals surface area contributed by atoms with Crippen molar-refractivity contribution >= 4 is 18.3 Å². The van der Waals surface area contributed by atoms with Gasteiger partial charge in [-0.15, -0.1) is 22.6 Å². The van der Waals surface area contributed by atoms with E-state index in [1.807, 2.05) is 34.9 Å². The van der Waals surface area contributed by atoms with Crippen LogP contribution < -0.4 is 11.1 Å². The summed E-state index contributed by atoms with van der Waals surface area (Å²) in [5.74, 6) is 0.681. The SMILES string of the molecule is Cl.NCCCC(=O)NCc1nncn1-c1ccccc1. The fourth-order valence-corrected chi connectivity index (χ4v) is 1.71. The summed E-state index contributed by atoms with van der Waals surface area (Å²) in [6.07, 6.45) is 2.77. The second-order valence-corrected chi connectivity index (χ2v) is 4.12. The van der Waals surface area contributed by atoms with Crippen molar-refractivity contribution in [3.05, 3.63) is 42.5 Å². The average Bonchev–Trinajstić information content (AvgIpc) is 2.92. The van der Waals surface area contributed by atoms with Crippen LogP contribution in [0.25, 0.3) is 5.69 Å². The molecule has 1 aromatic carbocycles. The molecule has 108 valence electrons. The lowest BCUT2D eigenvalue weighted by molar-refractivity contribution is -0.121. The van der Waals surface area contributed by atoms with Crippen molar-refractivity contribution in [3.63, 3.8) is 0 Å². The first kappa shape index (κ1) is 16.1. The molecule has 7 heteroatoms. The van der Waals surface area contributed by atoms with Crippen molar-refractivity contribution in [1.29, 1.82) is 0 Å². The third kappa shape index (κ3) is 4.32. The quantitative estimate of drug-likeness (QED) is 0.834. The third-order valence-electron chi connectivity index (χ3n) is 2.70. The van der Waals surface area contributed by atoms with Crippen molar-refractivity contribution in [3.8, 4) is 5.69 Å².